The summed E-state index contributed by atoms with van der Waals surface area (Å²) in [5, 5.41) is 25.6. The molecule has 0 radical (unpaired) electrons. The van der Waals surface area contributed by atoms with Crippen LogP contribution in [0.15, 0.2) is 30.3 Å². The van der Waals surface area contributed by atoms with Crippen molar-refractivity contribution in [3.05, 3.63) is 35.9 Å². The lowest BCUT2D eigenvalue weighted by molar-refractivity contribution is -0.143. The van der Waals surface area contributed by atoms with Crippen LogP contribution in [0.25, 0.3) is 0 Å². The molecule has 0 bridgehead atoms. The molecule has 0 heterocycles. The molecule has 1 aromatic rings. The molecule has 1 aromatic carbocycles. The van der Waals surface area contributed by atoms with Crippen molar-refractivity contribution in [2.75, 3.05) is 0 Å². The second-order valence-corrected chi connectivity index (χ2v) is 9.38. The van der Waals surface area contributed by atoms with E-state index >= 15 is 0 Å². The van der Waals surface area contributed by atoms with Crippen LogP contribution in [0.2, 0.25) is 0 Å². The fourth-order valence-corrected chi connectivity index (χ4v) is 3.57. The highest BCUT2D eigenvalue weighted by Gasteiger charge is 2.31. The number of nitrogens with one attached hydrogen (secondary N) is 3. The highest BCUT2D eigenvalue weighted by atomic mass is 16.4. The van der Waals surface area contributed by atoms with Gasteiger partial charge in [-0.05, 0) is 37.2 Å². The van der Waals surface area contributed by atoms with Gasteiger partial charge in [0.1, 0.15) is 18.1 Å². The number of carboxylic acids is 2. The van der Waals surface area contributed by atoms with Gasteiger partial charge in [0, 0.05) is 12.8 Å². The summed E-state index contributed by atoms with van der Waals surface area (Å²) in [7, 11) is 0. The first kappa shape index (κ1) is 32.0. The maximum atomic E-state index is 13.1. The second kappa shape index (κ2) is 16.0. The topological polar surface area (TPSA) is 231 Å². The minimum Gasteiger partial charge on any atom is -0.481 e. The van der Waals surface area contributed by atoms with Crippen molar-refractivity contribution in [3.63, 3.8) is 0 Å². The molecule has 9 N–H and O–H groups in total. The molecule has 4 atom stereocenters. The molecular weight excluding hydrogens is 498 g/mol. The maximum absolute atomic E-state index is 13.1. The highest BCUT2D eigenvalue weighted by Crippen LogP contribution is 2.09. The van der Waals surface area contributed by atoms with Crippen molar-refractivity contribution in [2.24, 2.45) is 17.4 Å². The van der Waals surface area contributed by atoms with Crippen LogP contribution in [0.5, 0.6) is 0 Å². The monoisotopic (exact) mass is 535 g/mol. The summed E-state index contributed by atoms with van der Waals surface area (Å²) < 4.78 is 0. The van der Waals surface area contributed by atoms with Crippen molar-refractivity contribution in [1.29, 1.82) is 0 Å². The van der Waals surface area contributed by atoms with Gasteiger partial charge in [-0.15, -0.1) is 0 Å². The fraction of sp³-hybridized carbons (Fsp3) is 0.520. The number of amides is 4. The van der Waals surface area contributed by atoms with E-state index in [1.54, 1.807) is 12.1 Å². The molecule has 1 rings (SSSR count). The summed E-state index contributed by atoms with van der Waals surface area (Å²) >= 11 is 0. The molecule has 0 spiro atoms. The van der Waals surface area contributed by atoms with E-state index in [1.165, 1.54) is 0 Å². The Morgan fingerprint density at radius 2 is 1.32 bits per heavy atom. The Morgan fingerprint density at radius 3 is 1.84 bits per heavy atom. The van der Waals surface area contributed by atoms with Crippen molar-refractivity contribution in [3.8, 4) is 0 Å². The number of benzene rings is 1. The van der Waals surface area contributed by atoms with Gasteiger partial charge in [0.05, 0.1) is 6.04 Å². The van der Waals surface area contributed by atoms with Crippen LogP contribution >= 0.6 is 0 Å². The van der Waals surface area contributed by atoms with Crippen molar-refractivity contribution in [1.82, 2.24) is 16.0 Å². The fourth-order valence-electron chi connectivity index (χ4n) is 3.57. The summed E-state index contributed by atoms with van der Waals surface area (Å²) in [5.74, 6) is -5.77. The normalized spacial score (nSPS) is 14.0. The van der Waals surface area contributed by atoms with E-state index in [0.29, 0.717) is 0 Å². The van der Waals surface area contributed by atoms with Gasteiger partial charge < -0.3 is 37.6 Å². The van der Waals surface area contributed by atoms with Crippen molar-refractivity contribution < 1.29 is 39.0 Å². The Balaban J connectivity index is 2.99. The number of carbonyl (C=O) groups excluding carboxylic acids is 4. The zero-order chi connectivity index (χ0) is 28.8. The van der Waals surface area contributed by atoms with E-state index in [2.05, 4.69) is 16.0 Å². The van der Waals surface area contributed by atoms with Gasteiger partial charge in [-0.25, -0.2) is 4.79 Å². The molecule has 0 aliphatic carbocycles. The Hall–Kier alpha value is -4.00. The number of aliphatic carboxylic acids is 2. The van der Waals surface area contributed by atoms with Crippen molar-refractivity contribution in [2.45, 2.75) is 76.5 Å². The summed E-state index contributed by atoms with van der Waals surface area (Å²) in [5.41, 5.74) is 11.9. The van der Waals surface area contributed by atoms with Crippen LogP contribution in [-0.2, 0) is 35.2 Å². The second-order valence-electron chi connectivity index (χ2n) is 9.38. The van der Waals surface area contributed by atoms with Gasteiger partial charge in [-0.1, -0.05) is 44.2 Å². The number of primary amides is 1. The lowest BCUT2D eigenvalue weighted by Crippen LogP contribution is -2.57. The van der Waals surface area contributed by atoms with Gasteiger partial charge in [-0.3, -0.25) is 24.0 Å². The van der Waals surface area contributed by atoms with E-state index in [0.717, 1.165) is 5.56 Å². The van der Waals surface area contributed by atoms with Crippen LogP contribution in [-0.4, -0.2) is 69.9 Å². The van der Waals surface area contributed by atoms with E-state index in [9.17, 15) is 33.9 Å². The van der Waals surface area contributed by atoms with E-state index in [1.807, 2.05) is 32.0 Å². The minimum absolute atomic E-state index is 0.0483. The molecule has 4 amide bonds. The van der Waals surface area contributed by atoms with Gasteiger partial charge in [0.25, 0.3) is 0 Å². The molecule has 0 fully saturated rings. The number of rotatable bonds is 17. The average molecular weight is 536 g/mol. The van der Waals surface area contributed by atoms with Gasteiger partial charge in [-0.2, -0.15) is 0 Å². The number of carboxylic acid groups (broad SMARTS) is 2. The average Bonchev–Trinajstić information content (AvgIpc) is 2.83. The van der Waals surface area contributed by atoms with Gasteiger partial charge in [0.2, 0.25) is 23.6 Å². The van der Waals surface area contributed by atoms with E-state index in [4.69, 9.17) is 16.6 Å². The van der Waals surface area contributed by atoms with Crippen molar-refractivity contribution >= 4 is 35.6 Å². The predicted molar refractivity (Wildman–Crippen MR) is 136 cm³/mol. The standard InChI is InChI=1S/C25H37N5O8/c1-14(2)12-19(30-22(34)16(26)13-15-6-4-3-5-7-15)24(36)28-17(9-11-21(32)33)23(35)29-18(25(37)38)8-10-20(27)31/h3-7,14,16-19H,8-13,26H2,1-2H3,(H2,27,31)(H,28,36)(H,29,35)(H,30,34)(H,32,33)(H,37,38). The SMILES string of the molecule is CC(C)CC(NC(=O)C(N)Cc1ccccc1)C(=O)NC(CCC(=O)O)C(=O)NC(CCC(N)=O)C(=O)O. The highest BCUT2D eigenvalue weighted by molar-refractivity contribution is 5.94. The molecule has 0 aromatic heterocycles. The molecule has 0 aliphatic rings. The van der Waals surface area contributed by atoms with Crippen LogP contribution < -0.4 is 27.4 Å². The smallest absolute Gasteiger partial charge is 0.326 e. The van der Waals surface area contributed by atoms with Gasteiger partial charge >= 0.3 is 11.9 Å². The molecule has 4 unspecified atom stereocenters. The van der Waals surface area contributed by atoms with E-state index < -0.39 is 66.2 Å². The molecule has 210 valence electrons. The third kappa shape index (κ3) is 12.3. The van der Waals surface area contributed by atoms with Crippen LogP contribution in [0.1, 0.15) is 51.5 Å². The van der Waals surface area contributed by atoms with Crippen LogP contribution in [0.4, 0.5) is 0 Å². The Bertz CT molecular complexity index is 985. The van der Waals surface area contributed by atoms with Gasteiger partial charge in [0.15, 0.2) is 0 Å². The first-order chi connectivity index (χ1) is 17.8. The molecule has 38 heavy (non-hydrogen) atoms. The minimum atomic E-state index is -1.48. The number of nitrogens with two attached hydrogens (primary N) is 2. The molecule has 13 heteroatoms. The number of carbonyl (C=O) groups is 6. The lowest BCUT2D eigenvalue weighted by atomic mass is 10.0. The quantitative estimate of drug-likeness (QED) is 0.133. The molecular formula is C25H37N5O8. The first-order valence-corrected chi connectivity index (χ1v) is 12.2. The summed E-state index contributed by atoms with van der Waals surface area (Å²) in [6.45, 7) is 3.64. The largest absolute Gasteiger partial charge is 0.481 e. The summed E-state index contributed by atoms with van der Waals surface area (Å²) in [6.07, 6.45) is -1.02. The van der Waals surface area contributed by atoms with Crippen LogP contribution in [0.3, 0.4) is 0 Å². The maximum Gasteiger partial charge on any atom is 0.326 e. The van der Waals surface area contributed by atoms with Crippen LogP contribution in [0, 0.1) is 5.92 Å². The summed E-state index contributed by atoms with van der Waals surface area (Å²) in [6, 6.07) is 4.11. The number of hydrogen-bond acceptors (Lipinski definition) is 7. The Kier molecular flexibility index (Phi) is 13.5. The summed E-state index contributed by atoms with van der Waals surface area (Å²) in [4.78, 5) is 72.3. The zero-order valence-electron chi connectivity index (χ0n) is 21.5. The Morgan fingerprint density at radius 1 is 0.789 bits per heavy atom. The molecule has 0 saturated carbocycles. The Labute approximate surface area is 220 Å². The zero-order valence-corrected chi connectivity index (χ0v) is 21.5. The molecule has 13 nitrogen and oxygen atoms in total. The predicted octanol–water partition coefficient (Wildman–Crippen LogP) is -0.728. The third-order valence-corrected chi connectivity index (χ3v) is 5.55. The lowest BCUT2D eigenvalue weighted by Gasteiger charge is -2.26. The molecule has 0 saturated heterocycles. The number of hydrogen-bond donors (Lipinski definition) is 7. The first-order valence-electron chi connectivity index (χ1n) is 12.2. The third-order valence-electron chi connectivity index (χ3n) is 5.55. The molecule has 0 aliphatic heterocycles. The van der Waals surface area contributed by atoms with E-state index in [-0.39, 0.29) is 38.0 Å².